The van der Waals surface area contributed by atoms with Gasteiger partial charge in [0.25, 0.3) is 0 Å². The quantitative estimate of drug-likeness (QED) is 0.363. The first-order valence-corrected chi connectivity index (χ1v) is 9.93. The van der Waals surface area contributed by atoms with Gasteiger partial charge in [-0.3, -0.25) is 9.97 Å². The third-order valence-corrected chi connectivity index (χ3v) is 5.50. The van der Waals surface area contributed by atoms with Crippen LogP contribution in [0.4, 0.5) is 13.2 Å². The molecule has 0 spiro atoms. The molecular formula is C26H21F3N2. The van der Waals surface area contributed by atoms with Gasteiger partial charge in [0.05, 0.1) is 28.1 Å². The Bertz CT molecular complexity index is 1200. The van der Waals surface area contributed by atoms with E-state index in [0.29, 0.717) is 17.0 Å². The maximum atomic E-state index is 13.2. The van der Waals surface area contributed by atoms with Crippen LogP contribution < -0.4 is 0 Å². The van der Waals surface area contributed by atoms with Gasteiger partial charge in [-0.25, -0.2) is 0 Å². The Balaban J connectivity index is 1.89. The fraction of sp³-hybridized carbons (Fsp3) is 0.154. The molecular weight excluding hydrogens is 397 g/mol. The number of rotatable bonds is 4. The van der Waals surface area contributed by atoms with E-state index in [1.165, 1.54) is 6.07 Å². The van der Waals surface area contributed by atoms with Crippen molar-refractivity contribution in [1.82, 2.24) is 9.97 Å². The topological polar surface area (TPSA) is 25.8 Å². The van der Waals surface area contributed by atoms with Crippen molar-refractivity contribution in [3.05, 3.63) is 119 Å². The summed E-state index contributed by atoms with van der Waals surface area (Å²) in [6.07, 6.45) is -4.41. The van der Waals surface area contributed by atoms with Gasteiger partial charge in [0.15, 0.2) is 0 Å². The number of hydrogen-bond acceptors (Lipinski definition) is 2. The number of halogens is 3. The molecule has 0 bridgehead atoms. The van der Waals surface area contributed by atoms with E-state index in [9.17, 15) is 13.2 Å². The molecule has 1 atom stereocenters. The Labute approximate surface area is 179 Å². The SMILES string of the molecule is Cc1cccc(C(C)(c2ccccc2)c2cccc(-c3cccc(C(F)(F)F)c3)n2)n1. The summed E-state index contributed by atoms with van der Waals surface area (Å²) < 4.78 is 39.6. The highest BCUT2D eigenvalue weighted by Crippen LogP contribution is 2.38. The first-order valence-electron chi connectivity index (χ1n) is 9.93. The molecule has 5 heteroatoms. The molecule has 1 unspecified atom stereocenters. The van der Waals surface area contributed by atoms with Crippen LogP contribution >= 0.6 is 0 Å². The average Bonchev–Trinajstić information content (AvgIpc) is 2.79. The van der Waals surface area contributed by atoms with E-state index < -0.39 is 17.2 Å². The number of pyridine rings is 2. The number of aryl methyl sites for hydroxylation is 1. The van der Waals surface area contributed by atoms with Crippen LogP contribution in [-0.2, 0) is 11.6 Å². The van der Waals surface area contributed by atoms with Crippen LogP contribution in [0.2, 0.25) is 0 Å². The molecule has 0 saturated heterocycles. The second kappa shape index (κ2) is 7.99. The van der Waals surface area contributed by atoms with Crippen LogP contribution in [0.5, 0.6) is 0 Å². The highest BCUT2D eigenvalue weighted by atomic mass is 19.4. The molecule has 2 aromatic heterocycles. The number of alkyl halides is 3. The monoisotopic (exact) mass is 418 g/mol. The summed E-state index contributed by atoms with van der Waals surface area (Å²) in [6.45, 7) is 3.98. The summed E-state index contributed by atoms with van der Waals surface area (Å²) in [5, 5.41) is 0. The zero-order valence-corrected chi connectivity index (χ0v) is 17.2. The van der Waals surface area contributed by atoms with Gasteiger partial charge in [0, 0.05) is 11.3 Å². The molecule has 0 amide bonds. The molecule has 31 heavy (non-hydrogen) atoms. The average molecular weight is 418 g/mol. The van der Waals surface area contributed by atoms with Crippen LogP contribution in [0.1, 0.15) is 35.1 Å². The fourth-order valence-corrected chi connectivity index (χ4v) is 3.75. The zero-order valence-electron chi connectivity index (χ0n) is 17.2. The molecule has 0 fully saturated rings. The maximum Gasteiger partial charge on any atom is 0.416 e. The highest BCUT2D eigenvalue weighted by Gasteiger charge is 2.35. The second-order valence-electron chi connectivity index (χ2n) is 7.64. The third-order valence-electron chi connectivity index (χ3n) is 5.50. The largest absolute Gasteiger partial charge is 0.416 e. The molecule has 4 aromatic rings. The van der Waals surface area contributed by atoms with Crippen molar-refractivity contribution in [3.8, 4) is 11.3 Å². The number of hydrogen-bond donors (Lipinski definition) is 0. The lowest BCUT2D eigenvalue weighted by molar-refractivity contribution is -0.137. The molecule has 0 radical (unpaired) electrons. The first kappa shape index (κ1) is 20.8. The summed E-state index contributed by atoms with van der Waals surface area (Å²) >= 11 is 0. The van der Waals surface area contributed by atoms with E-state index in [1.807, 2.05) is 74.5 Å². The number of benzene rings is 2. The first-order chi connectivity index (χ1) is 14.8. The Kier molecular flexibility index (Phi) is 5.36. The predicted octanol–water partition coefficient (Wildman–Crippen LogP) is 6.83. The lowest BCUT2D eigenvalue weighted by atomic mass is 9.75. The van der Waals surface area contributed by atoms with Crippen LogP contribution in [0.15, 0.2) is 91.0 Å². The molecule has 2 nitrogen and oxygen atoms in total. The Hall–Kier alpha value is -3.47. The van der Waals surface area contributed by atoms with Crippen molar-refractivity contribution in [2.75, 3.05) is 0 Å². The Morgan fingerprint density at radius 1 is 0.645 bits per heavy atom. The fourth-order valence-electron chi connectivity index (χ4n) is 3.75. The van der Waals surface area contributed by atoms with Gasteiger partial charge in [0.2, 0.25) is 0 Å². The highest BCUT2D eigenvalue weighted by molar-refractivity contribution is 5.61. The van der Waals surface area contributed by atoms with Crippen LogP contribution in [0.3, 0.4) is 0 Å². The van der Waals surface area contributed by atoms with E-state index in [2.05, 4.69) is 0 Å². The van der Waals surface area contributed by atoms with E-state index in [4.69, 9.17) is 9.97 Å². The molecule has 0 aliphatic carbocycles. The smallest absolute Gasteiger partial charge is 0.257 e. The Morgan fingerprint density at radius 2 is 1.26 bits per heavy atom. The van der Waals surface area contributed by atoms with Crippen LogP contribution in [0, 0.1) is 6.92 Å². The van der Waals surface area contributed by atoms with Gasteiger partial charge in [-0.1, -0.05) is 54.6 Å². The van der Waals surface area contributed by atoms with Gasteiger partial charge < -0.3 is 0 Å². The minimum atomic E-state index is -4.41. The normalized spacial score (nSPS) is 13.6. The van der Waals surface area contributed by atoms with Gasteiger partial charge >= 0.3 is 6.18 Å². The van der Waals surface area contributed by atoms with Crippen molar-refractivity contribution < 1.29 is 13.2 Å². The van der Waals surface area contributed by atoms with Gasteiger partial charge in [-0.2, -0.15) is 13.2 Å². The van der Waals surface area contributed by atoms with Gasteiger partial charge in [-0.05, 0) is 55.8 Å². The molecule has 0 aliphatic rings. The summed E-state index contributed by atoms with van der Waals surface area (Å²) in [7, 11) is 0. The van der Waals surface area contributed by atoms with E-state index in [0.717, 1.165) is 29.1 Å². The minimum absolute atomic E-state index is 0.421. The van der Waals surface area contributed by atoms with Crippen LogP contribution in [0.25, 0.3) is 11.3 Å². The van der Waals surface area contributed by atoms with Gasteiger partial charge in [-0.15, -0.1) is 0 Å². The van der Waals surface area contributed by atoms with Crippen LogP contribution in [-0.4, -0.2) is 9.97 Å². The maximum absolute atomic E-state index is 13.2. The minimum Gasteiger partial charge on any atom is -0.257 e. The number of aromatic nitrogens is 2. The van der Waals surface area contributed by atoms with Crippen molar-refractivity contribution in [3.63, 3.8) is 0 Å². The summed E-state index contributed by atoms with van der Waals surface area (Å²) in [6, 6.07) is 26.4. The van der Waals surface area contributed by atoms with E-state index in [-0.39, 0.29) is 0 Å². The van der Waals surface area contributed by atoms with Crippen molar-refractivity contribution >= 4 is 0 Å². The zero-order chi connectivity index (χ0) is 22.1. The summed E-state index contributed by atoms with van der Waals surface area (Å²) in [5.41, 5.74) is 2.96. The third kappa shape index (κ3) is 4.08. The molecule has 0 aliphatic heterocycles. The van der Waals surface area contributed by atoms with E-state index in [1.54, 1.807) is 12.1 Å². The molecule has 4 rings (SSSR count). The standard InChI is InChI=1S/C26H21F3N2/c1-18-9-6-15-23(30-18)25(2,20-11-4-3-5-12-20)24-16-8-14-22(31-24)19-10-7-13-21(17-19)26(27,28)29/h3-17H,1-2H3. The van der Waals surface area contributed by atoms with Crippen molar-refractivity contribution in [2.45, 2.75) is 25.4 Å². The van der Waals surface area contributed by atoms with Gasteiger partial charge in [0.1, 0.15) is 0 Å². The molecule has 0 N–H and O–H groups in total. The lowest BCUT2D eigenvalue weighted by Crippen LogP contribution is -2.28. The van der Waals surface area contributed by atoms with Crippen molar-refractivity contribution in [1.29, 1.82) is 0 Å². The summed E-state index contributed by atoms with van der Waals surface area (Å²) in [5.74, 6) is 0. The molecule has 2 aromatic carbocycles. The summed E-state index contributed by atoms with van der Waals surface area (Å²) in [4.78, 5) is 9.57. The van der Waals surface area contributed by atoms with E-state index >= 15 is 0 Å². The molecule has 156 valence electrons. The molecule has 0 saturated carbocycles. The lowest BCUT2D eigenvalue weighted by Gasteiger charge is -2.30. The molecule has 2 heterocycles. The second-order valence-corrected chi connectivity index (χ2v) is 7.64. The Morgan fingerprint density at radius 3 is 1.94 bits per heavy atom. The van der Waals surface area contributed by atoms with Crippen molar-refractivity contribution in [2.24, 2.45) is 0 Å². The predicted molar refractivity (Wildman–Crippen MR) is 116 cm³/mol. The number of nitrogens with zero attached hydrogens (tertiary/aromatic N) is 2.